The first kappa shape index (κ1) is 18.7. The molecule has 156 valence electrons. The second kappa shape index (κ2) is 7.87. The molecular formula is C22H23N3O5. The number of hydrogen-bond acceptors (Lipinski definition) is 8. The molecule has 1 atom stereocenters. The van der Waals surface area contributed by atoms with Crippen molar-refractivity contribution in [2.75, 3.05) is 34.1 Å². The van der Waals surface area contributed by atoms with Crippen molar-refractivity contribution >= 4 is 0 Å². The summed E-state index contributed by atoms with van der Waals surface area (Å²) in [5, 5.41) is 4.14. The Labute approximate surface area is 174 Å². The molecule has 3 heterocycles. The van der Waals surface area contributed by atoms with Gasteiger partial charge in [-0.05, 0) is 49.4 Å². The van der Waals surface area contributed by atoms with Gasteiger partial charge in [0.1, 0.15) is 11.5 Å². The van der Waals surface area contributed by atoms with E-state index in [1.807, 2.05) is 30.3 Å². The lowest BCUT2D eigenvalue weighted by Crippen LogP contribution is -2.20. The highest BCUT2D eigenvalue weighted by atomic mass is 16.7. The van der Waals surface area contributed by atoms with Crippen molar-refractivity contribution in [3.05, 3.63) is 47.9 Å². The lowest BCUT2D eigenvalue weighted by molar-refractivity contribution is 0.174. The molecule has 0 saturated carbocycles. The van der Waals surface area contributed by atoms with E-state index >= 15 is 0 Å². The van der Waals surface area contributed by atoms with Crippen molar-refractivity contribution in [2.24, 2.45) is 0 Å². The van der Waals surface area contributed by atoms with Gasteiger partial charge in [-0.15, -0.1) is 0 Å². The molecule has 30 heavy (non-hydrogen) atoms. The average molecular weight is 409 g/mol. The van der Waals surface area contributed by atoms with Crippen molar-refractivity contribution in [3.63, 3.8) is 0 Å². The molecule has 0 aliphatic carbocycles. The molecule has 2 aliphatic rings. The number of hydrogen-bond donors (Lipinski definition) is 0. The number of aromatic nitrogens is 2. The topological polar surface area (TPSA) is 79.1 Å². The second-order valence-electron chi connectivity index (χ2n) is 7.41. The van der Waals surface area contributed by atoms with E-state index in [0.717, 1.165) is 42.3 Å². The number of benzene rings is 2. The van der Waals surface area contributed by atoms with E-state index in [-0.39, 0.29) is 6.79 Å². The first-order valence-electron chi connectivity index (χ1n) is 9.90. The summed E-state index contributed by atoms with van der Waals surface area (Å²) in [5.41, 5.74) is 2.01. The molecule has 0 unspecified atom stereocenters. The van der Waals surface area contributed by atoms with Gasteiger partial charge < -0.3 is 23.5 Å². The van der Waals surface area contributed by atoms with Gasteiger partial charge in [0.25, 0.3) is 0 Å². The number of rotatable bonds is 6. The van der Waals surface area contributed by atoms with Gasteiger partial charge in [-0.3, -0.25) is 4.90 Å². The first-order valence-corrected chi connectivity index (χ1v) is 9.90. The van der Waals surface area contributed by atoms with E-state index in [0.29, 0.717) is 29.9 Å². The molecule has 0 radical (unpaired) electrons. The van der Waals surface area contributed by atoms with E-state index in [9.17, 15) is 0 Å². The fourth-order valence-electron chi connectivity index (χ4n) is 4.05. The Kier molecular flexibility index (Phi) is 4.92. The summed E-state index contributed by atoms with van der Waals surface area (Å²) in [6, 6.07) is 11.6. The van der Waals surface area contributed by atoms with Crippen LogP contribution in [0.15, 0.2) is 40.9 Å². The maximum atomic E-state index is 5.56. The molecule has 0 bridgehead atoms. The fraction of sp³-hybridized carbons (Fsp3) is 0.364. The van der Waals surface area contributed by atoms with Gasteiger partial charge in [-0.1, -0.05) is 5.16 Å². The highest BCUT2D eigenvalue weighted by Crippen LogP contribution is 2.37. The summed E-state index contributed by atoms with van der Waals surface area (Å²) in [7, 11) is 3.38. The monoisotopic (exact) mass is 409 g/mol. The first-order chi connectivity index (χ1) is 14.7. The van der Waals surface area contributed by atoms with Crippen LogP contribution in [0.4, 0.5) is 0 Å². The van der Waals surface area contributed by atoms with Crippen molar-refractivity contribution in [1.82, 2.24) is 15.0 Å². The molecule has 0 spiro atoms. The van der Waals surface area contributed by atoms with Crippen LogP contribution < -0.4 is 18.9 Å². The number of ether oxygens (including phenoxy) is 4. The van der Waals surface area contributed by atoms with Crippen LogP contribution in [0, 0.1) is 0 Å². The highest BCUT2D eigenvalue weighted by Gasteiger charge is 2.28. The number of likely N-dealkylation sites (tertiary alicyclic amines) is 1. The molecule has 8 heteroatoms. The largest absolute Gasteiger partial charge is 0.497 e. The Morgan fingerprint density at radius 1 is 1.07 bits per heavy atom. The van der Waals surface area contributed by atoms with Crippen LogP contribution in [0.5, 0.6) is 23.0 Å². The summed E-state index contributed by atoms with van der Waals surface area (Å²) in [6.45, 7) is 2.70. The van der Waals surface area contributed by atoms with Crippen LogP contribution in [-0.4, -0.2) is 49.1 Å². The van der Waals surface area contributed by atoms with E-state index in [2.05, 4.69) is 21.1 Å². The predicted molar refractivity (Wildman–Crippen MR) is 108 cm³/mol. The van der Waals surface area contributed by atoms with Crippen molar-refractivity contribution in [3.8, 4) is 34.4 Å². The van der Waals surface area contributed by atoms with E-state index in [4.69, 9.17) is 23.5 Å². The minimum absolute atomic E-state index is 0.241. The maximum absolute atomic E-state index is 5.56. The third-order valence-corrected chi connectivity index (χ3v) is 5.61. The highest BCUT2D eigenvalue weighted by molar-refractivity contribution is 5.61. The quantitative estimate of drug-likeness (QED) is 0.612. The lowest BCUT2D eigenvalue weighted by atomic mass is 9.97. The third kappa shape index (κ3) is 3.54. The summed E-state index contributed by atoms with van der Waals surface area (Å²) in [4.78, 5) is 6.89. The minimum Gasteiger partial charge on any atom is -0.497 e. The van der Waals surface area contributed by atoms with Crippen molar-refractivity contribution in [2.45, 2.75) is 18.9 Å². The van der Waals surface area contributed by atoms with Gasteiger partial charge in [-0.25, -0.2) is 0 Å². The smallest absolute Gasteiger partial charge is 0.241 e. The minimum atomic E-state index is 0.241. The second-order valence-corrected chi connectivity index (χ2v) is 7.41. The Morgan fingerprint density at radius 2 is 1.97 bits per heavy atom. The molecule has 2 aliphatic heterocycles. The molecule has 8 nitrogen and oxygen atoms in total. The summed E-state index contributed by atoms with van der Waals surface area (Å²) >= 11 is 0. The molecule has 0 N–H and O–H groups in total. The summed E-state index contributed by atoms with van der Waals surface area (Å²) in [6.07, 6.45) is 1.03. The van der Waals surface area contributed by atoms with E-state index in [1.165, 1.54) is 5.56 Å². The Bertz CT molecular complexity index is 1050. The van der Waals surface area contributed by atoms with Crippen LogP contribution in [-0.2, 0) is 6.54 Å². The van der Waals surface area contributed by atoms with E-state index in [1.54, 1.807) is 14.2 Å². The van der Waals surface area contributed by atoms with Crippen LogP contribution >= 0.6 is 0 Å². The molecule has 1 aromatic heterocycles. The Balaban J connectivity index is 1.27. The number of nitrogens with zero attached hydrogens (tertiary/aromatic N) is 3. The SMILES string of the molecule is COc1ccc(OC)c([C@@H]2CCN(Cc3nc(-c4ccc5c(c4)OCO5)no3)C2)c1. The van der Waals surface area contributed by atoms with Gasteiger partial charge in [0.05, 0.1) is 20.8 Å². The molecular weight excluding hydrogens is 386 g/mol. The van der Waals surface area contributed by atoms with Crippen LogP contribution in [0.3, 0.4) is 0 Å². The maximum Gasteiger partial charge on any atom is 0.241 e. The van der Waals surface area contributed by atoms with E-state index < -0.39 is 0 Å². The van der Waals surface area contributed by atoms with Gasteiger partial charge in [0.15, 0.2) is 11.5 Å². The summed E-state index contributed by atoms with van der Waals surface area (Å²) < 4.78 is 27.2. The molecule has 3 aromatic rings. The molecule has 1 fully saturated rings. The van der Waals surface area contributed by atoms with Gasteiger partial charge in [0.2, 0.25) is 18.5 Å². The molecule has 1 saturated heterocycles. The van der Waals surface area contributed by atoms with Crippen LogP contribution in [0.1, 0.15) is 23.8 Å². The Hall–Kier alpha value is -3.26. The molecule has 2 aromatic carbocycles. The standard InChI is InChI=1S/C22H23N3O5/c1-26-16-4-6-18(27-2)17(10-16)15-7-8-25(11-15)12-21-23-22(24-30-21)14-3-5-19-20(9-14)29-13-28-19/h3-6,9-10,15H,7-8,11-13H2,1-2H3/t15-/m1/s1. The van der Waals surface area contributed by atoms with Gasteiger partial charge >= 0.3 is 0 Å². The van der Waals surface area contributed by atoms with Crippen molar-refractivity contribution < 1.29 is 23.5 Å². The van der Waals surface area contributed by atoms with Crippen molar-refractivity contribution in [1.29, 1.82) is 0 Å². The zero-order chi connectivity index (χ0) is 20.5. The number of fused-ring (bicyclic) bond motifs is 1. The van der Waals surface area contributed by atoms with Gasteiger partial charge in [-0.2, -0.15) is 4.98 Å². The van der Waals surface area contributed by atoms with Crippen LogP contribution in [0.25, 0.3) is 11.4 Å². The zero-order valence-electron chi connectivity index (χ0n) is 17.0. The molecule has 5 rings (SSSR count). The fourth-order valence-corrected chi connectivity index (χ4v) is 4.05. The normalized spacial score (nSPS) is 18.0. The predicted octanol–water partition coefficient (Wildman–Crippen LogP) is 3.47. The zero-order valence-corrected chi connectivity index (χ0v) is 17.0. The average Bonchev–Trinajstić information content (AvgIpc) is 3.54. The number of methoxy groups -OCH3 is 2. The summed E-state index contributed by atoms with van der Waals surface area (Å²) in [5.74, 6) is 4.69. The Morgan fingerprint density at radius 3 is 2.83 bits per heavy atom. The van der Waals surface area contributed by atoms with Crippen LogP contribution in [0.2, 0.25) is 0 Å². The lowest BCUT2D eigenvalue weighted by Gasteiger charge is -2.17. The third-order valence-electron chi connectivity index (χ3n) is 5.61. The van der Waals surface area contributed by atoms with Gasteiger partial charge in [0, 0.05) is 23.6 Å². The molecule has 0 amide bonds.